The van der Waals surface area contributed by atoms with E-state index in [1.807, 2.05) is 18.2 Å². The Morgan fingerprint density at radius 3 is 2.33 bits per heavy atom. The first-order valence-electron chi connectivity index (χ1n) is 6.02. The molecule has 18 heavy (non-hydrogen) atoms. The van der Waals surface area contributed by atoms with Gasteiger partial charge in [-0.2, -0.15) is 0 Å². The Bertz CT molecular complexity index is 561. The van der Waals surface area contributed by atoms with Crippen molar-refractivity contribution >= 4 is 15.9 Å². The molecule has 0 bridgehead atoms. The number of halogens is 1. The number of benzene rings is 2. The van der Waals surface area contributed by atoms with Crippen LogP contribution in [0.3, 0.4) is 0 Å². The molecule has 1 nitrogen and oxygen atoms in total. The van der Waals surface area contributed by atoms with Crippen molar-refractivity contribution in [1.29, 1.82) is 0 Å². The van der Waals surface area contributed by atoms with Crippen molar-refractivity contribution in [2.75, 3.05) is 0 Å². The van der Waals surface area contributed by atoms with Crippen LogP contribution in [0.25, 0.3) is 0 Å². The summed E-state index contributed by atoms with van der Waals surface area (Å²) >= 11 is 3.54. The molecule has 0 saturated heterocycles. The summed E-state index contributed by atoms with van der Waals surface area (Å²) in [7, 11) is 0. The molecule has 2 heteroatoms. The molecule has 0 spiro atoms. The lowest BCUT2D eigenvalue weighted by Gasteiger charge is -2.14. The van der Waals surface area contributed by atoms with Crippen LogP contribution in [0.4, 0.5) is 0 Å². The quantitative estimate of drug-likeness (QED) is 0.779. The molecule has 0 fully saturated rings. The molecular weight excluding hydrogens is 288 g/mol. The van der Waals surface area contributed by atoms with Gasteiger partial charge in [-0.05, 0) is 43.5 Å². The molecule has 0 aromatic heterocycles. The Morgan fingerprint density at radius 1 is 0.944 bits per heavy atom. The van der Waals surface area contributed by atoms with Crippen molar-refractivity contribution in [1.82, 2.24) is 0 Å². The van der Waals surface area contributed by atoms with E-state index in [9.17, 15) is 0 Å². The molecule has 2 rings (SSSR count). The predicted molar refractivity (Wildman–Crippen MR) is 79.1 cm³/mol. The van der Waals surface area contributed by atoms with Crippen LogP contribution in [0.5, 0.6) is 5.75 Å². The highest BCUT2D eigenvalue weighted by atomic mass is 79.9. The van der Waals surface area contributed by atoms with E-state index in [0.717, 1.165) is 15.8 Å². The number of hydrogen-bond donors (Lipinski definition) is 0. The summed E-state index contributed by atoms with van der Waals surface area (Å²) < 4.78 is 7.08. The highest BCUT2D eigenvalue weighted by Gasteiger charge is 2.07. The molecule has 0 heterocycles. The third-order valence-corrected chi connectivity index (χ3v) is 3.98. The van der Waals surface area contributed by atoms with Gasteiger partial charge in [0.2, 0.25) is 0 Å². The standard InChI is InChI=1S/C16H17BrO/c1-11-8-9-12(2)16(13(11)3)18-10-14-6-4-5-7-15(14)17/h4-9H,10H2,1-3H3. The van der Waals surface area contributed by atoms with Crippen LogP contribution >= 0.6 is 15.9 Å². The van der Waals surface area contributed by atoms with E-state index < -0.39 is 0 Å². The maximum Gasteiger partial charge on any atom is 0.125 e. The van der Waals surface area contributed by atoms with E-state index in [1.165, 1.54) is 16.7 Å². The van der Waals surface area contributed by atoms with Crippen molar-refractivity contribution in [3.63, 3.8) is 0 Å². The molecule has 0 N–H and O–H groups in total. The molecule has 2 aromatic carbocycles. The van der Waals surface area contributed by atoms with Crippen molar-refractivity contribution in [2.24, 2.45) is 0 Å². The zero-order valence-corrected chi connectivity index (χ0v) is 12.5. The van der Waals surface area contributed by atoms with Gasteiger partial charge < -0.3 is 4.74 Å². The molecule has 0 aliphatic heterocycles. The van der Waals surface area contributed by atoms with Crippen LogP contribution in [-0.2, 0) is 6.61 Å². The van der Waals surface area contributed by atoms with Crippen LogP contribution in [0.2, 0.25) is 0 Å². The first kappa shape index (κ1) is 13.2. The molecule has 0 atom stereocenters. The zero-order chi connectivity index (χ0) is 13.1. The lowest BCUT2D eigenvalue weighted by atomic mass is 10.1. The summed E-state index contributed by atoms with van der Waals surface area (Å²) in [6.45, 7) is 6.89. The molecule has 0 radical (unpaired) electrons. The second-order valence-electron chi connectivity index (χ2n) is 4.53. The highest BCUT2D eigenvalue weighted by molar-refractivity contribution is 9.10. The van der Waals surface area contributed by atoms with Crippen molar-refractivity contribution in [3.05, 3.63) is 63.1 Å². The number of ether oxygens (including phenoxy) is 1. The summed E-state index contributed by atoms with van der Waals surface area (Å²) in [6, 6.07) is 12.4. The maximum atomic E-state index is 5.99. The molecule has 0 amide bonds. The minimum absolute atomic E-state index is 0.590. The number of rotatable bonds is 3. The third-order valence-electron chi connectivity index (χ3n) is 3.20. The zero-order valence-electron chi connectivity index (χ0n) is 11.0. The van der Waals surface area contributed by atoms with Gasteiger partial charge in [0.05, 0.1) is 0 Å². The van der Waals surface area contributed by atoms with Crippen LogP contribution in [0.1, 0.15) is 22.3 Å². The topological polar surface area (TPSA) is 9.23 Å². The van der Waals surface area contributed by atoms with Gasteiger partial charge in [-0.25, -0.2) is 0 Å². The molecule has 2 aromatic rings. The van der Waals surface area contributed by atoms with Gasteiger partial charge in [0.1, 0.15) is 12.4 Å². The third kappa shape index (κ3) is 2.75. The van der Waals surface area contributed by atoms with Crippen LogP contribution < -0.4 is 4.74 Å². The average molecular weight is 305 g/mol. The van der Waals surface area contributed by atoms with Gasteiger partial charge in [-0.3, -0.25) is 0 Å². The lowest BCUT2D eigenvalue weighted by Crippen LogP contribution is -2.00. The smallest absolute Gasteiger partial charge is 0.125 e. The fourth-order valence-corrected chi connectivity index (χ4v) is 2.31. The minimum atomic E-state index is 0.590. The Balaban J connectivity index is 2.21. The Hall–Kier alpha value is -1.28. The summed E-state index contributed by atoms with van der Waals surface area (Å²) in [5.41, 5.74) is 4.84. The van der Waals surface area contributed by atoms with Gasteiger partial charge in [0.25, 0.3) is 0 Å². The van der Waals surface area contributed by atoms with Gasteiger partial charge in [0, 0.05) is 10.0 Å². The van der Waals surface area contributed by atoms with Crippen molar-refractivity contribution in [3.8, 4) is 5.75 Å². The molecule has 0 unspecified atom stereocenters. The Morgan fingerprint density at radius 2 is 1.61 bits per heavy atom. The molecule has 94 valence electrons. The van der Waals surface area contributed by atoms with Crippen LogP contribution in [0.15, 0.2) is 40.9 Å². The van der Waals surface area contributed by atoms with E-state index in [-0.39, 0.29) is 0 Å². The maximum absolute atomic E-state index is 5.99. The normalized spacial score (nSPS) is 10.4. The van der Waals surface area contributed by atoms with Crippen molar-refractivity contribution < 1.29 is 4.74 Å². The van der Waals surface area contributed by atoms with Crippen LogP contribution in [0, 0.1) is 20.8 Å². The minimum Gasteiger partial charge on any atom is -0.488 e. The van der Waals surface area contributed by atoms with E-state index in [0.29, 0.717) is 6.61 Å². The van der Waals surface area contributed by atoms with E-state index in [1.54, 1.807) is 0 Å². The lowest BCUT2D eigenvalue weighted by molar-refractivity contribution is 0.301. The number of hydrogen-bond acceptors (Lipinski definition) is 1. The monoisotopic (exact) mass is 304 g/mol. The molecule has 0 saturated carbocycles. The fourth-order valence-electron chi connectivity index (χ4n) is 1.91. The van der Waals surface area contributed by atoms with Gasteiger partial charge >= 0.3 is 0 Å². The van der Waals surface area contributed by atoms with Gasteiger partial charge in [-0.15, -0.1) is 0 Å². The van der Waals surface area contributed by atoms with E-state index >= 15 is 0 Å². The summed E-state index contributed by atoms with van der Waals surface area (Å²) in [4.78, 5) is 0. The summed E-state index contributed by atoms with van der Waals surface area (Å²) in [5.74, 6) is 1.01. The first-order valence-corrected chi connectivity index (χ1v) is 6.82. The molecule has 0 aliphatic carbocycles. The van der Waals surface area contributed by atoms with Gasteiger partial charge in [-0.1, -0.05) is 46.3 Å². The Labute approximate surface area is 117 Å². The molecule has 0 aliphatic rings. The highest BCUT2D eigenvalue weighted by Crippen LogP contribution is 2.27. The largest absolute Gasteiger partial charge is 0.488 e. The Kier molecular flexibility index (Phi) is 4.07. The predicted octanol–water partition coefficient (Wildman–Crippen LogP) is 4.95. The van der Waals surface area contributed by atoms with E-state index in [4.69, 9.17) is 4.74 Å². The second kappa shape index (κ2) is 5.57. The second-order valence-corrected chi connectivity index (χ2v) is 5.39. The van der Waals surface area contributed by atoms with E-state index in [2.05, 4.69) is 54.9 Å². The summed E-state index contributed by atoms with van der Waals surface area (Å²) in [5, 5.41) is 0. The fraction of sp³-hybridized carbons (Fsp3) is 0.250. The summed E-state index contributed by atoms with van der Waals surface area (Å²) in [6.07, 6.45) is 0. The average Bonchev–Trinajstić information content (AvgIpc) is 2.36. The first-order chi connectivity index (χ1) is 8.59. The van der Waals surface area contributed by atoms with Gasteiger partial charge in [0.15, 0.2) is 0 Å². The number of aryl methyl sites for hydroxylation is 2. The van der Waals surface area contributed by atoms with Crippen molar-refractivity contribution in [2.45, 2.75) is 27.4 Å². The molecular formula is C16H17BrO. The van der Waals surface area contributed by atoms with Crippen LogP contribution in [-0.4, -0.2) is 0 Å². The SMILES string of the molecule is Cc1ccc(C)c(OCc2ccccc2Br)c1C.